The van der Waals surface area contributed by atoms with Gasteiger partial charge in [0, 0.05) is 37.2 Å². The van der Waals surface area contributed by atoms with Crippen LogP contribution >= 0.6 is 0 Å². The number of aromatic nitrogens is 1. The topological polar surface area (TPSA) is 45.6 Å². The number of aliphatic hydroxyl groups is 1. The average Bonchev–Trinajstić information content (AvgIpc) is 2.68. The zero-order valence-corrected chi connectivity index (χ0v) is 16.7. The van der Waals surface area contributed by atoms with Gasteiger partial charge in [0.15, 0.2) is 0 Å². The molecule has 0 radical (unpaired) electrons. The van der Waals surface area contributed by atoms with Gasteiger partial charge >= 0.3 is 0 Å². The molecule has 0 aliphatic carbocycles. The van der Waals surface area contributed by atoms with Crippen molar-refractivity contribution in [3.63, 3.8) is 0 Å². The first-order valence-corrected chi connectivity index (χ1v) is 10.0. The summed E-state index contributed by atoms with van der Waals surface area (Å²) in [6, 6.07) is 17.3. The van der Waals surface area contributed by atoms with Crippen LogP contribution in [0.4, 0.5) is 0 Å². The maximum atomic E-state index is 9.25. The van der Waals surface area contributed by atoms with E-state index >= 15 is 0 Å². The van der Waals surface area contributed by atoms with Gasteiger partial charge in [-0.1, -0.05) is 35.9 Å². The number of nitrogens with zero attached hydrogens (tertiary/aromatic N) is 2. The van der Waals surface area contributed by atoms with Crippen LogP contribution in [0.3, 0.4) is 0 Å². The lowest BCUT2D eigenvalue weighted by atomic mass is 10.0. The number of aliphatic hydroxyl groups excluding tert-OH is 1. The van der Waals surface area contributed by atoms with Crippen molar-refractivity contribution >= 4 is 10.9 Å². The van der Waals surface area contributed by atoms with E-state index in [1.54, 1.807) is 0 Å². The Bertz CT molecular complexity index is 968. The van der Waals surface area contributed by atoms with Crippen LogP contribution in [0.25, 0.3) is 22.2 Å². The number of benzene rings is 2. The number of fused-ring (bicyclic) bond motifs is 1. The average molecular weight is 377 g/mol. The second-order valence-corrected chi connectivity index (χ2v) is 7.80. The van der Waals surface area contributed by atoms with Gasteiger partial charge in [0.1, 0.15) is 0 Å². The van der Waals surface area contributed by atoms with Crippen molar-refractivity contribution in [2.75, 3.05) is 26.3 Å². The van der Waals surface area contributed by atoms with Crippen LogP contribution in [-0.4, -0.2) is 47.4 Å². The second-order valence-electron chi connectivity index (χ2n) is 7.80. The largest absolute Gasteiger partial charge is 0.396 e. The van der Waals surface area contributed by atoms with E-state index in [-0.39, 0.29) is 12.7 Å². The second kappa shape index (κ2) is 8.39. The van der Waals surface area contributed by atoms with Crippen LogP contribution in [-0.2, 0) is 11.3 Å². The minimum atomic E-state index is 0.109. The van der Waals surface area contributed by atoms with Gasteiger partial charge in [0.2, 0.25) is 0 Å². The molecule has 146 valence electrons. The molecule has 0 bridgehead atoms. The molecule has 4 nitrogen and oxygen atoms in total. The summed E-state index contributed by atoms with van der Waals surface area (Å²) >= 11 is 0. The van der Waals surface area contributed by atoms with E-state index in [0.717, 1.165) is 30.8 Å². The van der Waals surface area contributed by atoms with Crippen molar-refractivity contribution < 1.29 is 9.84 Å². The maximum absolute atomic E-state index is 9.25. The summed E-state index contributed by atoms with van der Waals surface area (Å²) in [7, 11) is 0. The van der Waals surface area contributed by atoms with E-state index in [1.807, 2.05) is 0 Å². The fourth-order valence-corrected chi connectivity index (χ4v) is 3.97. The molecule has 4 heteroatoms. The Kier molecular flexibility index (Phi) is 5.72. The molecule has 28 heavy (non-hydrogen) atoms. The van der Waals surface area contributed by atoms with Crippen molar-refractivity contribution in [2.24, 2.45) is 0 Å². The highest BCUT2D eigenvalue weighted by molar-refractivity contribution is 5.84. The molecule has 1 atom stereocenters. The van der Waals surface area contributed by atoms with E-state index in [9.17, 15) is 5.11 Å². The SMILES string of the molecule is Cc1cccc(-c2nc3cc(C)ccc3cc2CN2CCO[C@@H](CCO)C2)c1. The molecule has 1 N–H and O–H groups in total. The molecule has 1 aliphatic rings. The summed E-state index contributed by atoms with van der Waals surface area (Å²) in [5, 5.41) is 10.4. The predicted molar refractivity (Wildman–Crippen MR) is 113 cm³/mol. The molecule has 1 fully saturated rings. The third-order valence-electron chi connectivity index (χ3n) is 5.41. The van der Waals surface area contributed by atoms with Crippen LogP contribution in [0.15, 0.2) is 48.5 Å². The molecule has 4 rings (SSSR count). The quantitative estimate of drug-likeness (QED) is 0.728. The fraction of sp³-hybridized carbons (Fsp3) is 0.375. The van der Waals surface area contributed by atoms with Crippen molar-refractivity contribution in [3.05, 3.63) is 65.2 Å². The molecule has 0 unspecified atom stereocenters. The van der Waals surface area contributed by atoms with Crippen molar-refractivity contribution in [3.8, 4) is 11.3 Å². The van der Waals surface area contributed by atoms with Gasteiger partial charge in [0.25, 0.3) is 0 Å². The van der Waals surface area contributed by atoms with Gasteiger partial charge in [-0.25, -0.2) is 4.98 Å². The Hall–Kier alpha value is -2.27. The van der Waals surface area contributed by atoms with E-state index in [4.69, 9.17) is 9.72 Å². The first kappa shape index (κ1) is 19.1. The Morgan fingerprint density at radius 3 is 2.79 bits per heavy atom. The van der Waals surface area contributed by atoms with Crippen LogP contribution in [0, 0.1) is 13.8 Å². The van der Waals surface area contributed by atoms with Crippen LogP contribution in [0.1, 0.15) is 23.1 Å². The first-order valence-electron chi connectivity index (χ1n) is 10.0. The molecule has 0 saturated carbocycles. The molecule has 2 aromatic carbocycles. The lowest BCUT2D eigenvalue weighted by Crippen LogP contribution is -2.42. The summed E-state index contributed by atoms with van der Waals surface area (Å²) in [5.41, 5.74) is 6.98. The van der Waals surface area contributed by atoms with Gasteiger partial charge in [-0.15, -0.1) is 0 Å². The predicted octanol–water partition coefficient (Wildman–Crippen LogP) is 4.10. The monoisotopic (exact) mass is 376 g/mol. The number of aryl methyl sites for hydroxylation is 2. The van der Waals surface area contributed by atoms with Gasteiger partial charge < -0.3 is 9.84 Å². The Morgan fingerprint density at radius 1 is 1.11 bits per heavy atom. The summed E-state index contributed by atoms with van der Waals surface area (Å²) < 4.78 is 5.78. The zero-order chi connectivity index (χ0) is 19.5. The number of rotatable bonds is 5. The molecule has 0 amide bonds. The van der Waals surface area contributed by atoms with Crippen LogP contribution in [0.2, 0.25) is 0 Å². The minimum Gasteiger partial charge on any atom is -0.396 e. The van der Waals surface area contributed by atoms with E-state index in [2.05, 4.69) is 67.3 Å². The Balaban J connectivity index is 1.73. The summed E-state index contributed by atoms with van der Waals surface area (Å²) in [5.74, 6) is 0. The normalized spacial score (nSPS) is 17.9. The Morgan fingerprint density at radius 2 is 1.96 bits per heavy atom. The van der Waals surface area contributed by atoms with Gasteiger partial charge in [0.05, 0.1) is 23.9 Å². The van der Waals surface area contributed by atoms with Crippen molar-refractivity contribution in [1.82, 2.24) is 9.88 Å². The van der Waals surface area contributed by atoms with E-state index < -0.39 is 0 Å². The summed E-state index contributed by atoms with van der Waals surface area (Å²) in [6.07, 6.45) is 0.800. The zero-order valence-electron chi connectivity index (χ0n) is 16.7. The molecule has 3 aromatic rings. The summed E-state index contributed by atoms with van der Waals surface area (Å²) in [6.45, 7) is 7.70. The molecule has 2 heterocycles. The number of ether oxygens (including phenoxy) is 1. The Labute approximate surface area is 166 Å². The van der Waals surface area contributed by atoms with Gasteiger partial charge in [-0.05, 0) is 49.6 Å². The lowest BCUT2D eigenvalue weighted by Gasteiger charge is -2.33. The third kappa shape index (κ3) is 4.25. The lowest BCUT2D eigenvalue weighted by molar-refractivity contribution is -0.0406. The molecular weight excluding hydrogens is 348 g/mol. The molecule has 0 spiro atoms. The highest BCUT2D eigenvalue weighted by Gasteiger charge is 2.21. The molecular formula is C24H28N2O2. The number of pyridine rings is 1. The minimum absolute atomic E-state index is 0.109. The molecule has 1 saturated heterocycles. The van der Waals surface area contributed by atoms with Crippen LogP contribution < -0.4 is 0 Å². The first-order chi connectivity index (χ1) is 13.6. The third-order valence-corrected chi connectivity index (χ3v) is 5.41. The van der Waals surface area contributed by atoms with Crippen molar-refractivity contribution in [2.45, 2.75) is 32.9 Å². The molecule has 1 aliphatic heterocycles. The smallest absolute Gasteiger partial charge is 0.0754 e. The number of morpholine rings is 1. The molecule has 1 aromatic heterocycles. The van der Waals surface area contributed by atoms with Gasteiger partial charge in [-0.3, -0.25) is 4.90 Å². The van der Waals surface area contributed by atoms with E-state index in [0.29, 0.717) is 13.0 Å². The summed E-state index contributed by atoms with van der Waals surface area (Å²) in [4.78, 5) is 7.49. The standard InChI is InChI=1S/C24H28N2O2/c1-17-4-3-5-20(12-17)24-21(14-19-7-6-18(2)13-23(19)25-24)15-26-9-11-28-22(16-26)8-10-27/h3-7,12-14,22,27H,8-11,15-16H2,1-2H3/t22-/m0/s1. The van der Waals surface area contributed by atoms with Crippen molar-refractivity contribution in [1.29, 1.82) is 0 Å². The fourth-order valence-electron chi connectivity index (χ4n) is 3.97. The van der Waals surface area contributed by atoms with E-state index in [1.165, 1.54) is 27.6 Å². The number of hydrogen-bond donors (Lipinski definition) is 1. The highest BCUT2D eigenvalue weighted by Crippen LogP contribution is 2.28. The maximum Gasteiger partial charge on any atom is 0.0754 e. The number of hydrogen-bond acceptors (Lipinski definition) is 4. The highest BCUT2D eigenvalue weighted by atomic mass is 16.5. The van der Waals surface area contributed by atoms with Crippen LogP contribution in [0.5, 0.6) is 0 Å². The van der Waals surface area contributed by atoms with Gasteiger partial charge in [-0.2, -0.15) is 0 Å².